The van der Waals surface area contributed by atoms with Gasteiger partial charge in [-0.3, -0.25) is 0 Å². The molecule has 0 bridgehead atoms. The molecule has 1 aromatic heterocycles. The lowest BCUT2D eigenvalue weighted by atomic mass is 10.2. The maximum absolute atomic E-state index is 12.1. The van der Waals surface area contributed by atoms with Gasteiger partial charge in [0.15, 0.2) is 0 Å². The zero-order valence-corrected chi connectivity index (χ0v) is 15.2. The Bertz CT molecular complexity index is 918. The molecule has 0 atom stereocenters. The maximum Gasteiger partial charge on any atom is 0.364 e. The third kappa shape index (κ3) is 4.78. The molecule has 0 aliphatic heterocycles. The van der Waals surface area contributed by atoms with Gasteiger partial charge in [0.1, 0.15) is 6.61 Å². The first-order valence-electron chi connectivity index (χ1n) is 8.58. The molecule has 7 heteroatoms. The number of hydrogen-bond donors (Lipinski definition) is 0. The van der Waals surface area contributed by atoms with Gasteiger partial charge in [0, 0.05) is 0 Å². The molecule has 0 saturated carbocycles. The molecule has 0 spiro atoms. The lowest BCUT2D eigenvalue weighted by Crippen LogP contribution is -2.09. The average Bonchev–Trinajstić information content (AvgIpc) is 3.10. The molecule has 3 aromatic rings. The van der Waals surface area contributed by atoms with Gasteiger partial charge in [-0.1, -0.05) is 65.0 Å². The first kappa shape index (κ1) is 18.3. The third-order valence-electron chi connectivity index (χ3n) is 3.69. The molecular formula is C20H20N4O3. The summed E-state index contributed by atoms with van der Waals surface area (Å²) >= 11 is 0. The van der Waals surface area contributed by atoms with E-state index >= 15 is 0 Å². The van der Waals surface area contributed by atoms with Crippen LogP contribution in [0.15, 0.2) is 59.7 Å². The summed E-state index contributed by atoms with van der Waals surface area (Å²) in [4.78, 5) is 13.3. The molecule has 0 saturated heterocycles. The van der Waals surface area contributed by atoms with Crippen molar-refractivity contribution in [1.29, 1.82) is 0 Å². The Balaban J connectivity index is 1.85. The molecule has 0 N–H and O–H groups in total. The fourth-order valence-electron chi connectivity index (χ4n) is 2.29. The molecule has 7 nitrogen and oxygen atoms in total. The first-order valence-corrected chi connectivity index (χ1v) is 8.58. The van der Waals surface area contributed by atoms with Crippen LogP contribution >= 0.6 is 0 Å². The van der Waals surface area contributed by atoms with E-state index in [0.717, 1.165) is 16.7 Å². The fourth-order valence-corrected chi connectivity index (χ4v) is 2.29. The van der Waals surface area contributed by atoms with E-state index < -0.39 is 5.97 Å². The van der Waals surface area contributed by atoms with Crippen molar-refractivity contribution < 1.29 is 14.3 Å². The highest BCUT2D eigenvalue weighted by molar-refractivity contribution is 5.89. The molecule has 138 valence electrons. The number of aromatic nitrogens is 3. The van der Waals surface area contributed by atoms with Crippen molar-refractivity contribution in [2.75, 3.05) is 6.61 Å². The number of esters is 1. The van der Waals surface area contributed by atoms with E-state index in [2.05, 4.69) is 15.4 Å². The summed E-state index contributed by atoms with van der Waals surface area (Å²) in [5, 5.41) is 12.0. The van der Waals surface area contributed by atoms with Crippen LogP contribution in [-0.4, -0.2) is 33.9 Å². The molecule has 2 aromatic carbocycles. The van der Waals surface area contributed by atoms with Crippen molar-refractivity contribution in [3.05, 3.63) is 77.0 Å². The number of nitrogens with zero attached hydrogens (tertiary/aromatic N) is 4. The summed E-state index contributed by atoms with van der Waals surface area (Å²) in [5.41, 5.74) is 2.99. The lowest BCUT2D eigenvalue weighted by Gasteiger charge is -2.07. The number of ether oxygens (including phenoxy) is 2. The number of hydrogen-bond acceptors (Lipinski definition) is 6. The standard InChI is InChI=1S/C20H20N4O3/c1-3-26-20(25)18-19(27-14-17-7-5-4-6-8-17)24(23-22-18)21-13-16-11-9-15(2)10-12-16/h4-13H,3,14H2,1-2H3. The van der Waals surface area contributed by atoms with E-state index in [4.69, 9.17) is 9.47 Å². The van der Waals surface area contributed by atoms with E-state index in [9.17, 15) is 4.79 Å². The number of aryl methyl sites for hydroxylation is 1. The Hall–Kier alpha value is -3.48. The minimum Gasteiger partial charge on any atom is -0.470 e. The highest BCUT2D eigenvalue weighted by atomic mass is 16.5. The Labute approximate surface area is 157 Å². The van der Waals surface area contributed by atoms with Gasteiger partial charge in [-0.05, 0) is 30.2 Å². The Morgan fingerprint density at radius 2 is 1.89 bits per heavy atom. The minimum atomic E-state index is -0.600. The van der Waals surface area contributed by atoms with E-state index in [-0.39, 0.29) is 24.8 Å². The molecular weight excluding hydrogens is 344 g/mol. The van der Waals surface area contributed by atoms with Crippen molar-refractivity contribution in [2.24, 2.45) is 5.10 Å². The zero-order valence-electron chi connectivity index (χ0n) is 15.2. The van der Waals surface area contributed by atoms with Crippen LogP contribution in [0.5, 0.6) is 5.88 Å². The second kappa shape index (κ2) is 8.75. The van der Waals surface area contributed by atoms with Crippen LogP contribution in [-0.2, 0) is 11.3 Å². The van der Waals surface area contributed by atoms with E-state index in [1.54, 1.807) is 13.1 Å². The van der Waals surface area contributed by atoms with Crippen LogP contribution in [0.1, 0.15) is 34.1 Å². The fraction of sp³-hybridized carbons (Fsp3) is 0.200. The van der Waals surface area contributed by atoms with Crippen molar-refractivity contribution >= 4 is 12.2 Å². The highest BCUT2D eigenvalue weighted by Crippen LogP contribution is 2.18. The van der Waals surface area contributed by atoms with E-state index in [1.807, 2.05) is 61.5 Å². The molecule has 0 unspecified atom stereocenters. The maximum atomic E-state index is 12.1. The van der Waals surface area contributed by atoms with Crippen molar-refractivity contribution in [3.63, 3.8) is 0 Å². The molecule has 0 aliphatic carbocycles. The Morgan fingerprint density at radius 1 is 1.15 bits per heavy atom. The Morgan fingerprint density at radius 3 is 2.59 bits per heavy atom. The second-order valence-corrected chi connectivity index (χ2v) is 5.78. The van der Waals surface area contributed by atoms with Crippen molar-refractivity contribution in [2.45, 2.75) is 20.5 Å². The highest BCUT2D eigenvalue weighted by Gasteiger charge is 2.22. The van der Waals surface area contributed by atoms with Gasteiger partial charge in [0.25, 0.3) is 5.88 Å². The van der Waals surface area contributed by atoms with Gasteiger partial charge in [0.05, 0.1) is 12.8 Å². The molecule has 3 rings (SSSR count). The van der Waals surface area contributed by atoms with E-state index in [1.165, 1.54) is 4.79 Å². The van der Waals surface area contributed by atoms with Gasteiger partial charge >= 0.3 is 5.97 Å². The average molecular weight is 364 g/mol. The predicted octanol–water partition coefficient (Wildman–Crippen LogP) is 3.22. The van der Waals surface area contributed by atoms with Crippen LogP contribution in [0.2, 0.25) is 0 Å². The van der Waals surface area contributed by atoms with Crippen LogP contribution in [0.3, 0.4) is 0 Å². The molecule has 0 amide bonds. The number of rotatable bonds is 7. The summed E-state index contributed by atoms with van der Waals surface area (Å²) in [6, 6.07) is 17.4. The van der Waals surface area contributed by atoms with E-state index in [0.29, 0.717) is 0 Å². The Kier molecular flexibility index (Phi) is 5.94. The third-order valence-corrected chi connectivity index (χ3v) is 3.69. The largest absolute Gasteiger partial charge is 0.470 e. The predicted molar refractivity (Wildman–Crippen MR) is 101 cm³/mol. The minimum absolute atomic E-state index is 0.00571. The monoisotopic (exact) mass is 364 g/mol. The van der Waals surface area contributed by atoms with Crippen LogP contribution in [0.4, 0.5) is 0 Å². The summed E-state index contributed by atoms with van der Waals surface area (Å²) in [7, 11) is 0. The van der Waals surface area contributed by atoms with Crippen LogP contribution < -0.4 is 4.74 Å². The first-order chi connectivity index (χ1) is 13.2. The number of carbonyl (C=O) groups is 1. The number of benzene rings is 2. The van der Waals surface area contributed by atoms with Gasteiger partial charge < -0.3 is 9.47 Å². The molecule has 27 heavy (non-hydrogen) atoms. The molecule has 1 heterocycles. The van der Waals surface area contributed by atoms with Crippen molar-refractivity contribution in [3.8, 4) is 5.88 Å². The lowest BCUT2D eigenvalue weighted by molar-refractivity contribution is 0.0513. The molecule has 0 radical (unpaired) electrons. The van der Waals surface area contributed by atoms with Gasteiger partial charge in [-0.2, -0.15) is 5.10 Å². The normalized spacial score (nSPS) is 10.9. The summed E-state index contributed by atoms with van der Waals surface area (Å²) in [6.07, 6.45) is 1.62. The van der Waals surface area contributed by atoms with Crippen LogP contribution in [0, 0.1) is 6.92 Å². The summed E-state index contributed by atoms with van der Waals surface area (Å²) in [6.45, 7) is 4.22. The SMILES string of the molecule is CCOC(=O)c1nnn(N=Cc2ccc(C)cc2)c1OCc1ccccc1. The number of carbonyl (C=O) groups excluding carboxylic acids is 1. The van der Waals surface area contributed by atoms with Crippen molar-refractivity contribution in [1.82, 2.24) is 15.1 Å². The topological polar surface area (TPSA) is 78.6 Å². The zero-order chi connectivity index (χ0) is 19.1. The van der Waals surface area contributed by atoms with Crippen LogP contribution in [0.25, 0.3) is 0 Å². The van der Waals surface area contributed by atoms with Gasteiger partial charge in [-0.15, -0.1) is 5.10 Å². The summed E-state index contributed by atoms with van der Waals surface area (Å²) < 4.78 is 10.8. The molecule has 0 aliphatic rings. The van der Waals surface area contributed by atoms with Gasteiger partial charge in [-0.25, -0.2) is 4.79 Å². The smallest absolute Gasteiger partial charge is 0.364 e. The summed E-state index contributed by atoms with van der Waals surface area (Å²) in [5.74, 6) is -0.460. The quantitative estimate of drug-likeness (QED) is 0.475. The van der Waals surface area contributed by atoms with Gasteiger partial charge in [0.2, 0.25) is 5.69 Å². The second-order valence-electron chi connectivity index (χ2n) is 5.78. The molecule has 0 fully saturated rings.